The number of Topliss-reactive ketones (excluding diaryl/α,β-unsaturated/α-hetero) is 1. The second-order valence-corrected chi connectivity index (χ2v) is 14.6. The van der Waals surface area contributed by atoms with E-state index >= 15 is 0 Å². The van der Waals surface area contributed by atoms with E-state index in [2.05, 4.69) is 5.32 Å². The number of hydrogen-bond donors (Lipinski definition) is 4. The molecule has 3 fully saturated rings. The highest BCUT2D eigenvalue weighted by atomic mass is 32.2. The maximum atomic E-state index is 13.0. The molecule has 3 aliphatic rings. The van der Waals surface area contributed by atoms with Gasteiger partial charge in [0.2, 0.25) is 23.6 Å². The topological polar surface area (TPSA) is 196 Å². The number of aliphatic hydroxyl groups excluding tert-OH is 1. The molecular formula is C33H57N6O7S+. The molecule has 0 aromatic rings. The fourth-order valence-electron chi connectivity index (χ4n) is 6.79. The molecule has 1 unspecified atom stereocenters. The first-order valence-corrected chi connectivity index (χ1v) is 18.7. The second kappa shape index (κ2) is 20.8. The van der Waals surface area contributed by atoms with Gasteiger partial charge in [-0.2, -0.15) is 0 Å². The van der Waals surface area contributed by atoms with Crippen LogP contribution in [0.2, 0.25) is 0 Å². The molecule has 4 amide bonds. The normalized spacial score (nSPS) is 23.7. The third-order valence-corrected chi connectivity index (χ3v) is 11.0. The Morgan fingerprint density at radius 3 is 2.43 bits per heavy atom. The molecule has 1 saturated carbocycles. The highest BCUT2D eigenvalue weighted by molar-refractivity contribution is 8.00. The summed E-state index contributed by atoms with van der Waals surface area (Å²) in [7, 11) is 0. The number of hydrogen-bond acceptors (Lipinski definition) is 10. The lowest BCUT2D eigenvalue weighted by molar-refractivity contribution is -0.580. The van der Waals surface area contributed by atoms with Crippen molar-refractivity contribution < 1.29 is 33.8 Å². The van der Waals surface area contributed by atoms with Gasteiger partial charge in [0.1, 0.15) is 5.78 Å². The van der Waals surface area contributed by atoms with Gasteiger partial charge in [0.15, 0.2) is 6.54 Å². The number of carbonyl (C=O) groups excluding carboxylic acids is 5. The van der Waals surface area contributed by atoms with Crippen LogP contribution < -0.4 is 16.8 Å². The zero-order valence-corrected chi connectivity index (χ0v) is 28.8. The lowest BCUT2D eigenvalue weighted by Gasteiger charge is -2.30. The molecule has 3 atom stereocenters. The molecule has 13 nitrogen and oxygen atoms in total. The monoisotopic (exact) mass is 681 g/mol. The van der Waals surface area contributed by atoms with Crippen molar-refractivity contribution in [1.82, 2.24) is 15.1 Å². The first-order valence-electron chi connectivity index (χ1n) is 17.7. The summed E-state index contributed by atoms with van der Waals surface area (Å²) in [5.41, 5.74) is 11.4. The van der Waals surface area contributed by atoms with Crippen LogP contribution in [0.4, 0.5) is 0 Å². The van der Waals surface area contributed by atoms with Gasteiger partial charge in [0.05, 0.1) is 23.7 Å². The Labute approximate surface area is 283 Å². The summed E-state index contributed by atoms with van der Waals surface area (Å²) in [6.45, 7) is 2.32. The van der Waals surface area contributed by atoms with Crippen molar-refractivity contribution in [2.75, 3.05) is 45.1 Å². The minimum Gasteiger partial charge on any atom is -0.394 e. The molecule has 2 aliphatic heterocycles. The molecule has 6 N–H and O–H groups in total. The van der Waals surface area contributed by atoms with Gasteiger partial charge in [0.25, 0.3) is 6.17 Å². The van der Waals surface area contributed by atoms with Crippen molar-refractivity contribution in [2.45, 2.75) is 120 Å². The summed E-state index contributed by atoms with van der Waals surface area (Å²) in [5, 5.41) is 11.9. The number of aliphatic hydroxyl groups is 1. The van der Waals surface area contributed by atoms with E-state index in [-0.39, 0.29) is 72.6 Å². The summed E-state index contributed by atoms with van der Waals surface area (Å²) >= 11 is 1.26. The van der Waals surface area contributed by atoms with Gasteiger partial charge in [-0.25, -0.2) is 0 Å². The van der Waals surface area contributed by atoms with Crippen molar-refractivity contribution >= 4 is 41.2 Å². The molecule has 0 aromatic heterocycles. The zero-order chi connectivity index (χ0) is 34.2. The van der Waals surface area contributed by atoms with E-state index in [9.17, 15) is 34.0 Å². The summed E-state index contributed by atoms with van der Waals surface area (Å²) in [6.07, 6.45) is 10.0. The number of unbranched alkanes of at least 4 members (excludes halogenated alkanes) is 4. The van der Waals surface area contributed by atoms with Crippen molar-refractivity contribution in [3.05, 3.63) is 4.91 Å². The van der Waals surface area contributed by atoms with Gasteiger partial charge in [-0.05, 0) is 76.7 Å². The molecule has 47 heavy (non-hydrogen) atoms. The maximum Gasteiger partial charge on any atom is 0.261 e. The summed E-state index contributed by atoms with van der Waals surface area (Å²) in [5.74, 6) is 0.229. The first-order chi connectivity index (χ1) is 22.6. The summed E-state index contributed by atoms with van der Waals surface area (Å²) in [6, 6.07) is -0.0322. The van der Waals surface area contributed by atoms with Crippen LogP contribution >= 0.6 is 11.8 Å². The fraction of sp³-hybridized carbons (Fsp3) is 0.848. The average molecular weight is 682 g/mol. The summed E-state index contributed by atoms with van der Waals surface area (Å²) in [4.78, 5) is 77.9. The molecule has 0 radical (unpaired) electrons. The Hall–Kier alpha value is -2.42. The maximum absolute atomic E-state index is 13.0. The van der Waals surface area contributed by atoms with Gasteiger partial charge in [0, 0.05) is 67.3 Å². The Bertz CT molecular complexity index is 1070. The molecule has 0 aromatic carbocycles. The lowest BCUT2D eigenvalue weighted by atomic mass is 9.81. The number of thioether (sulfide) groups is 1. The first kappa shape index (κ1) is 39.0. The van der Waals surface area contributed by atoms with Crippen LogP contribution in [0.15, 0.2) is 0 Å². The van der Waals surface area contributed by atoms with Gasteiger partial charge >= 0.3 is 0 Å². The highest BCUT2D eigenvalue weighted by Crippen LogP contribution is 2.32. The minimum atomic E-state index is -0.776. The quantitative estimate of drug-likeness (QED) is 0.0567. The number of carbonyl (C=O) groups is 5. The predicted octanol–water partition coefficient (Wildman–Crippen LogP) is 1.86. The minimum absolute atomic E-state index is 0.0258. The third-order valence-electron chi connectivity index (χ3n) is 9.73. The van der Waals surface area contributed by atoms with E-state index in [1.165, 1.54) is 16.7 Å². The Kier molecular flexibility index (Phi) is 17.3. The van der Waals surface area contributed by atoms with Crippen LogP contribution in [0, 0.1) is 16.7 Å². The molecule has 2 saturated heterocycles. The largest absolute Gasteiger partial charge is 0.394 e. The molecular weight excluding hydrogens is 624 g/mol. The smallest absolute Gasteiger partial charge is 0.261 e. The number of nitrogens with zero attached hydrogens (tertiary/aromatic N) is 3. The van der Waals surface area contributed by atoms with Gasteiger partial charge in [-0.1, -0.05) is 6.42 Å². The number of ketones is 1. The van der Waals surface area contributed by atoms with E-state index in [0.29, 0.717) is 45.3 Å². The number of nitroso groups, excluding NO2 is 1. The average Bonchev–Trinajstić information content (AvgIpc) is 3.65. The number of likely N-dealkylation sites (tertiary alicyclic amines) is 2. The molecule has 14 heteroatoms. The van der Waals surface area contributed by atoms with E-state index in [1.807, 2.05) is 0 Å². The van der Waals surface area contributed by atoms with Crippen LogP contribution in [0.3, 0.4) is 0 Å². The Balaban J connectivity index is 1.25. The van der Waals surface area contributed by atoms with Gasteiger partial charge in [-0.15, -0.1) is 11.8 Å². The molecule has 266 valence electrons. The molecule has 2 heterocycles. The molecule has 0 bridgehead atoms. The Morgan fingerprint density at radius 1 is 0.979 bits per heavy atom. The van der Waals surface area contributed by atoms with Gasteiger partial charge in [-0.3, -0.25) is 34.6 Å². The van der Waals surface area contributed by atoms with Crippen molar-refractivity contribution in [2.24, 2.45) is 23.3 Å². The SMILES string of the molecule is NCCC(=O)CCCCC[N+](=O)[C@H](N)CSC1CC(=O)N(CC2CCC(C(=O)NCCCCCC(=O)N3CCC[C@@H]3CO)CC2)C1=O. The van der Waals surface area contributed by atoms with Crippen LogP contribution in [0.1, 0.15) is 103 Å². The van der Waals surface area contributed by atoms with Crippen LogP contribution in [-0.4, -0.2) is 112 Å². The number of nitrogens with two attached hydrogens (primary N) is 2. The van der Waals surface area contributed by atoms with E-state index in [0.717, 1.165) is 81.9 Å². The number of amides is 4. The molecule has 0 spiro atoms. The molecule has 1 aliphatic carbocycles. The number of imide groups is 1. The van der Waals surface area contributed by atoms with Crippen molar-refractivity contribution in [1.29, 1.82) is 0 Å². The van der Waals surface area contributed by atoms with Crippen molar-refractivity contribution in [3.63, 3.8) is 0 Å². The Morgan fingerprint density at radius 2 is 1.70 bits per heavy atom. The second-order valence-electron chi connectivity index (χ2n) is 13.3. The predicted molar refractivity (Wildman–Crippen MR) is 180 cm³/mol. The van der Waals surface area contributed by atoms with Crippen LogP contribution in [0.25, 0.3) is 0 Å². The highest BCUT2D eigenvalue weighted by Gasteiger charge is 2.41. The van der Waals surface area contributed by atoms with Crippen LogP contribution in [0.5, 0.6) is 0 Å². The van der Waals surface area contributed by atoms with E-state index in [1.54, 1.807) is 4.90 Å². The van der Waals surface area contributed by atoms with E-state index < -0.39 is 11.4 Å². The standard InChI is InChI=1S/C33H56N6O7S/c34-16-15-27(41)9-3-2-6-19-39(46)29(35)23-47-28-20-31(43)38(33(28)45)21-24-11-13-25(14-12-24)32(44)36-17-5-1-4-10-30(42)37-18-7-8-26(37)22-40/h24-26,28-29,40H,1-23,34-35H2/p+1/t24?,25?,26-,28?,29+/m1/s1. The fourth-order valence-corrected chi connectivity index (χ4v) is 7.91. The van der Waals surface area contributed by atoms with E-state index in [4.69, 9.17) is 11.5 Å². The molecule has 3 rings (SSSR count). The third kappa shape index (κ3) is 12.8. The van der Waals surface area contributed by atoms with Crippen LogP contribution in [-0.2, 0) is 24.0 Å². The van der Waals surface area contributed by atoms with Crippen molar-refractivity contribution in [3.8, 4) is 0 Å². The number of rotatable bonds is 22. The number of nitrogens with one attached hydrogen (secondary N) is 1. The van der Waals surface area contributed by atoms with Gasteiger partial charge < -0.3 is 21.1 Å². The lowest BCUT2D eigenvalue weighted by Crippen LogP contribution is -2.39. The summed E-state index contributed by atoms with van der Waals surface area (Å²) < 4.78 is 0.815. The zero-order valence-electron chi connectivity index (χ0n) is 28.0.